The van der Waals surface area contributed by atoms with Crippen molar-refractivity contribution in [2.24, 2.45) is 5.92 Å². The molecule has 4 nitrogen and oxygen atoms in total. The zero-order valence-corrected chi connectivity index (χ0v) is 11.7. The maximum absolute atomic E-state index is 12.1. The summed E-state index contributed by atoms with van der Waals surface area (Å²) in [7, 11) is 0. The van der Waals surface area contributed by atoms with Crippen molar-refractivity contribution in [1.82, 2.24) is 9.80 Å². The van der Waals surface area contributed by atoms with Crippen LogP contribution in [0.4, 0.5) is 0 Å². The molecule has 1 rings (SSSR count). The Morgan fingerprint density at radius 3 is 2.50 bits per heavy atom. The first-order valence-electron chi connectivity index (χ1n) is 6.82. The summed E-state index contributed by atoms with van der Waals surface area (Å²) in [6.07, 6.45) is 1.99. The number of likely N-dealkylation sites (tertiary alicyclic amines) is 1. The van der Waals surface area contributed by atoms with Gasteiger partial charge in [-0.2, -0.15) is 0 Å². The molecule has 1 aliphatic heterocycles. The van der Waals surface area contributed by atoms with Crippen molar-refractivity contribution in [1.29, 1.82) is 0 Å². The molecule has 4 heteroatoms. The number of piperidine rings is 1. The average Bonchev–Trinajstić information content (AvgIpc) is 2.36. The third-order valence-corrected chi connectivity index (χ3v) is 3.52. The van der Waals surface area contributed by atoms with Crippen LogP contribution in [0.3, 0.4) is 0 Å². The second-order valence-corrected chi connectivity index (χ2v) is 5.27. The highest BCUT2D eigenvalue weighted by molar-refractivity contribution is 5.78. The van der Waals surface area contributed by atoms with Gasteiger partial charge in [-0.25, -0.2) is 0 Å². The Bertz CT molecular complexity index is 284. The van der Waals surface area contributed by atoms with E-state index in [4.69, 9.17) is 5.11 Å². The van der Waals surface area contributed by atoms with Gasteiger partial charge in [0.1, 0.15) is 0 Å². The van der Waals surface area contributed by atoms with E-state index in [9.17, 15) is 4.79 Å². The van der Waals surface area contributed by atoms with E-state index in [2.05, 4.69) is 11.5 Å². The molecule has 1 fully saturated rings. The molecule has 18 heavy (non-hydrogen) atoms. The number of aliphatic hydroxyl groups is 1. The van der Waals surface area contributed by atoms with E-state index < -0.39 is 0 Å². The van der Waals surface area contributed by atoms with E-state index in [1.165, 1.54) is 0 Å². The molecule has 0 atom stereocenters. The molecule has 0 aromatic carbocycles. The largest absolute Gasteiger partial charge is 0.396 e. The van der Waals surface area contributed by atoms with Gasteiger partial charge in [-0.1, -0.05) is 12.2 Å². The highest BCUT2D eigenvalue weighted by Crippen LogP contribution is 2.16. The maximum atomic E-state index is 12.1. The van der Waals surface area contributed by atoms with E-state index in [0.29, 0.717) is 19.0 Å². The molecule has 0 bridgehead atoms. The lowest BCUT2D eigenvalue weighted by molar-refractivity contribution is -0.132. The van der Waals surface area contributed by atoms with Crippen molar-refractivity contribution < 1.29 is 9.90 Å². The van der Waals surface area contributed by atoms with Crippen LogP contribution in [0.15, 0.2) is 12.2 Å². The molecule has 0 unspecified atom stereocenters. The predicted molar refractivity (Wildman–Crippen MR) is 73.3 cm³/mol. The molecule has 1 N–H and O–H groups in total. The van der Waals surface area contributed by atoms with Gasteiger partial charge in [0, 0.05) is 19.7 Å². The SMILES string of the molecule is C=C(C)CN(CC)C(=O)CN1CCC(CO)CC1. The Labute approximate surface area is 110 Å². The van der Waals surface area contributed by atoms with Crippen LogP contribution in [0, 0.1) is 5.92 Å². The van der Waals surface area contributed by atoms with Crippen molar-refractivity contribution in [3.05, 3.63) is 12.2 Å². The highest BCUT2D eigenvalue weighted by atomic mass is 16.3. The van der Waals surface area contributed by atoms with Crippen LogP contribution in [0.5, 0.6) is 0 Å². The Kier molecular flexibility index (Phi) is 6.36. The molecule has 1 amide bonds. The Morgan fingerprint density at radius 2 is 2.06 bits per heavy atom. The summed E-state index contributed by atoms with van der Waals surface area (Å²) < 4.78 is 0. The minimum atomic E-state index is 0.183. The molecule has 0 aromatic rings. The fourth-order valence-electron chi connectivity index (χ4n) is 2.32. The number of amides is 1. The van der Waals surface area contributed by atoms with Crippen LogP contribution in [0.25, 0.3) is 0 Å². The zero-order valence-electron chi connectivity index (χ0n) is 11.7. The fourth-order valence-corrected chi connectivity index (χ4v) is 2.32. The summed E-state index contributed by atoms with van der Waals surface area (Å²) in [5.41, 5.74) is 1.02. The van der Waals surface area contributed by atoms with Crippen molar-refractivity contribution >= 4 is 5.91 Å². The molecule has 0 aromatic heterocycles. The Hall–Kier alpha value is -0.870. The van der Waals surface area contributed by atoms with Crippen molar-refractivity contribution in [2.45, 2.75) is 26.7 Å². The van der Waals surface area contributed by atoms with E-state index >= 15 is 0 Å². The van der Waals surface area contributed by atoms with Crippen LogP contribution in [-0.2, 0) is 4.79 Å². The first-order valence-corrected chi connectivity index (χ1v) is 6.82. The first-order chi connectivity index (χ1) is 8.56. The summed E-state index contributed by atoms with van der Waals surface area (Å²) in [6, 6.07) is 0. The predicted octanol–water partition coefficient (Wildman–Crippen LogP) is 1.12. The van der Waals surface area contributed by atoms with Gasteiger partial charge in [0.05, 0.1) is 6.54 Å². The van der Waals surface area contributed by atoms with E-state index in [1.807, 2.05) is 18.7 Å². The number of likely N-dealkylation sites (N-methyl/N-ethyl adjacent to an activating group) is 1. The molecule has 0 radical (unpaired) electrons. The van der Waals surface area contributed by atoms with Crippen LogP contribution < -0.4 is 0 Å². The minimum absolute atomic E-state index is 0.183. The zero-order chi connectivity index (χ0) is 13.5. The summed E-state index contributed by atoms with van der Waals surface area (Å²) in [4.78, 5) is 16.2. The third-order valence-electron chi connectivity index (χ3n) is 3.52. The Morgan fingerprint density at radius 1 is 1.44 bits per heavy atom. The topological polar surface area (TPSA) is 43.8 Å². The molecular weight excluding hydrogens is 228 g/mol. The summed E-state index contributed by atoms with van der Waals surface area (Å²) in [5, 5.41) is 9.08. The van der Waals surface area contributed by atoms with Gasteiger partial charge in [-0.3, -0.25) is 9.69 Å². The maximum Gasteiger partial charge on any atom is 0.237 e. The summed E-state index contributed by atoms with van der Waals surface area (Å²) in [6.45, 7) is 11.8. The molecule has 1 saturated heterocycles. The molecule has 104 valence electrons. The lowest BCUT2D eigenvalue weighted by atomic mass is 9.98. The van der Waals surface area contributed by atoms with Gasteiger partial charge < -0.3 is 10.0 Å². The van der Waals surface area contributed by atoms with Gasteiger partial charge in [0.15, 0.2) is 0 Å². The lowest BCUT2D eigenvalue weighted by Crippen LogP contribution is -2.44. The number of nitrogens with zero attached hydrogens (tertiary/aromatic N) is 2. The average molecular weight is 254 g/mol. The molecule has 1 heterocycles. The standard InChI is InChI=1S/C14H26N2O2/c1-4-16(9-12(2)3)14(18)10-15-7-5-13(11-17)6-8-15/h13,17H,2,4-11H2,1,3H3. The summed E-state index contributed by atoms with van der Waals surface area (Å²) >= 11 is 0. The van der Waals surface area contributed by atoms with Gasteiger partial charge >= 0.3 is 0 Å². The second kappa shape index (κ2) is 7.54. The molecule has 0 aliphatic carbocycles. The van der Waals surface area contributed by atoms with Crippen molar-refractivity contribution in [3.8, 4) is 0 Å². The normalized spacial score (nSPS) is 17.7. The number of rotatable bonds is 6. The third kappa shape index (κ3) is 4.78. The fraction of sp³-hybridized carbons (Fsp3) is 0.786. The smallest absolute Gasteiger partial charge is 0.237 e. The second-order valence-electron chi connectivity index (χ2n) is 5.27. The van der Waals surface area contributed by atoms with Crippen molar-refractivity contribution in [2.75, 3.05) is 39.3 Å². The van der Waals surface area contributed by atoms with Crippen LogP contribution in [0.1, 0.15) is 26.7 Å². The Balaban J connectivity index is 2.37. The van der Waals surface area contributed by atoms with Gasteiger partial charge in [0.25, 0.3) is 0 Å². The van der Waals surface area contributed by atoms with Crippen LogP contribution in [0.2, 0.25) is 0 Å². The number of carbonyl (C=O) groups is 1. The van der Waals surface area contributed by atoms with Crippen LogP contribution in [-0.4, -0.2) is 60.1 Å². The van der Waals surface area contributed by atoms with E-state index in [-0.39, 0.29) is 12.5 Å². The number of carbonyl (C=O) groups excluding carboxylic acids is 1. The molecule has 1 aliphatic rings. The molecular formula is C14H26N2O2. The number of hydrogen-bond acceptors (Lipinski definition) is 3. The van der Waals surface area contributed by atoms with Gasteiger partial charge in [0.2, 0.25) is 5.91 Å². The highest BCUT2D eigenvalue weighted by Gasteiger charge is 2.21. The van der Waals surface area contributed by atoms with Gasteiger partial charge in [-0.05, 0) is 45.7 Å². The monoisotopic (exact) mass is 254 g/mol. The number of aliphatic hydroxyl groups excluding tert-OH is 1. The van der Waals surface area contributed by atoms with Crippen LogP contribution >= 0.6 is 0 Å². The molecule has 0 saturated carbocycles. The number of hydrogen-bond donors (Lipinski definition) is 1. The van der Waals surface area contributed by atoms with E-state index in [0.717, 1.165) is 38.0 Å². The van der Waals surface area contributed by atoms with Gasteiger partial charge in [-0.15, -0.1) is 0 Å². The first kappa shape index (κ1) is 15.2. The van der Waals surface area contributed by atoms with E-state index in [1.54, 1.807) is 0 Å². The summed E-state index contributed by atoms with van der Waals surface area (Å²) in [5.74, 6) is 0.608. The lowest BCUT2D eigenvalue weighted by Gasteiger charge is -2.32. The minimum Gasteiger partial charge on any atom is -0.396 e. The quantitative estimate of drug-likeness (QED) is 0.722. The molecule has 0 spiro atoms. The van der Waals surface area contributed by atoms with Crippen molar-refractivity contribution in [3.63, 3.8) is 0 Å².